The van der Waals surface area contributed by atoms with Crippen LogP contribution >= 0.6 is 11.3 Å². The SMILES string of the molecule is CCC(NS(=O)(=O)C(C)CNC(C)C)c1cccs1. The fourth-order valence-corrected chi connectivity index (χ4v) is 3.83. The van der Waals surface area contributed by atoms with Gasteiger partial charge in [-0.05, 0) is 24.8 Å². The molecule has 2 N–H and O–H groups in total. The van der Waals surface area contributed by atoms with Gasteiger partial charge >= 0.3 is 0 Å². The predicted molar refractivity (Wildman–Crippen MR) is 82.0 cm³/mol. The molecular formula is C13H24N2O2S2. The summed E-state index contributed by atoms with van der Waals surface area (Å²) in [6.45, 7) is 8.21. The Bertz CT molecular complexity index is 455. The standard InChI is InChI=1S/C13H24N2O2S2/c1-5-12(13-7-6-8-18-13)15-19(16,17)11(4)9-14-10(2)3/h6-8,10-12,14-15H,5,9H2,1-4H3. The zero-order chi connectivity index (χ0) is 14.5. The molecule has 0 bridgehead atoms. The third-order valence-corrected chi connectivity index (χ3v) is 5.77. The van der Waals surface area contributed by atoms with Crippen molar-refractivity contribution in [2.24, 2.45) is 0 Å². The van der Waals surface area contributed by atoms with Gasteiger partial charge in [-0.3, -0.25) is 0 Å². The Morgan fingerprint density at radius 1 is 1.32 bits per heavy atom. The van der Waals surface area contributed by atoms with Crippen LogP contribution < -0.4 is 10.0 Å². The van der Waals surface area contributed by atoms with Gasteiger partial charge in [-0.2, -0.15) is 0 Å². The van der Waals surface area contributed by atoms with E-state index in [1.165, 1.54) is 0 Å². The van der Waals surface area contributed by atoms with Crippen molar-refractivity contribution in [3.63, 3.8) is 0 Å². The second-order valence-corrected chi connectivity index (χ2v) is 8.12. The summed E-state index contributed by atoms with van der Waals surface area (Å²) in [4.78, 5) is 1.06. The Kier molecular flexibility index (Phi) is 6.46. The summed E-state index contributed by atoms with van der Waals surface area (Å²) in [7, 11) is -3.30. The third-order valence-electron chi connectivity index (χ3n) is 2.94. The van der Waals surface area contributed by atoms with Crippen LogP contribution in [0.1, 0.15) is 45.0 Å². The molecule has 2 atom stereocenters. The van der Waals surface area contributed by atoms with E-state index in [0.29, 0.717) is 6.54 Å². The predicted octanol–water partition coefficient (Wildman–Crippen LogP) is 2.51. The van der Waals surface area contributed by atoms with Gasteiger partial charge in [0.1, 0.15) is 0 Å². The minimum atomic E-state index is -3.30. The number of nitrogens with one attached hydrogen (secondary N) is 2. The van der Waals surface area contributed by atoms with Gasteiger partial charge in [0.25, 0.3) is 0 Å². The summed E-state index contributed by atoms with van der Waals surface area (Å²) < 4.78 is 27.3. The Morgan fingerprint density at radius 3 is 2.47 bits per heavy atom. The maximum atomic E-state index is 12.3. The van der Waals surface area contributed by atoms with Gasteiger partial charge in [0.05, 0.1) is 11.3 Å². The van der Waals surface area contributed by atoms with E-state index in [0.717, 1.165) is 11.3 Å². The van der Waals surface area contributed by atoms with Crippen molar-refractivity contribution in [2.45, 2.75) is 51.4 Å². The average Bonchev–Trinajstić information content (AvgIpc) is 2.86. The van der Waals surface area contributed by atoms with Crippen LogP contribution in [0, 0.1) is 0 Å². The zero-order valence-corrected chi connectivity index (χ0v) is 13.6. The number of hydrogen-bond donors (Lipinski definition) is 2. The van der Waals surface area contributed by atoms with Gasteiger partial charge in [0.2, 0.25) is 10.0 Å². The van der Waals surface area contributed by atoms with Crippen molar-refractivity contribution in [3.05, 3.63) is 22.4 Å². The van der Waals surface area contributed by atoms with Crippen LogP contribution in [-0.4, -0.2) is 26.3 Å². The van der Waals surface area contributed by atoms with E-state index < -0.39 is 15.3 Å². The topological polar surface area (TPSA) is 58.2 Å². The lowest BCUT2D eigenvalue weighted by molar-refractivity contribution is 0.523. The molecule has 4 nitrogen and oxygen atoms in total. The Labute approximate surface area is 120 Å². The molecule has 6 heteroatoms. The summed E-state index contributed by atoms with van der Waals surface area (Å²) in [5.41, 5.74) is 0. The Hall–Kier alpha value is -0.430. The van der Waals surface area contributed by atoms with Gasteiger partial charge in [-0.1, -0.05) is 26.8 Å². The smallest absolute Gasteiger partial charge is 0.216 e. The van der Waals surface area contributed by atoms with Gasteiger partial charge in [0.15, 0.2) is 0 Å². The van der Waals surface area contributed by atoms with E-state index in [1.807, 2.05) is 38.3 Å². The summed E-state index contributed by atoms with van der Waals surface area (Å²) in [6.07, 6.45) is 0.754. The van der Waals surface area contributed by atoms with Crippen molar-refractivity contribution in [1.29, 1.82) is 0 Å². The maximum absolute atomic E-state index is 12.3. The van der Waals surface area contributed by atoms with Crippen LogP contribution in [0.15, 0.2) is 17.5 Å². The van der Waals surface area contributed by atoms with Gasteiger partial charge in [-0.15, -0.1) is 11.3 Å². The summed E-state index contributed by atoms with van der Waals surface area (Å²) in [5, 5.41) is 4.69. The molecule has 2 unspecified atom stereocenters. The number of hydrogen-bond acceptors (Lipinski definition) is 4. The lowest BCUT2D eigenvalue weighted by Crippen LogP contribution is -2.41. The van der Waals surface area contributed by atoms with Crippen molar-refractivity contribution in [2.75, 3.05) is 6.54 Å². The largest absolute Gasteiger partial charge is 0.313 e. The highest BCUT2D eigenvalue weighted by molar-refractivity contribution is 7.90. The third kappa shape index (κ3) is 5.22. The number of thiophene rings is 1. The van der Waals surface area contributed by atoms with E-state index >= 15 is 0 Å². The number of rotatable bonds is 8. The van der Waals surface area contributed by atoms with E-state index in [9.17, 15) is 8.42 Å². The van der Waals surface area contributed by atoms with Crippen LogP contribution in [-0.2, 0) is 10.0 Å². The molecule has 0 aliphatic heterocycles. The molecule has 0 aliphatic carbocycles. The van der Waals surface area contributed by atoms with E-state index in [2.05, 4.69) is 10.0 Å². The summed E-state index contributed by atoms with van der Waals surface area (Å²) in [6, 6.07) is 4.09. The Morgan fingerprint density at radius 2 is 2.00 bits per heavy atom. The summed E-state index contributed by atoms with van der Waals surface area (Å²) in [5.74, 6) is 0. The molecule has 1 aromatic heterocycles. The van der Waals surface area contributed by atoms with Crippen molar-refractivity contribution < 1.29 is 8.42 Å². The monoisotopic (exact) mass is 304 g/mol. The average molecular weight is 304 g/mol. The molecular weight excluding hydrogens is 280 g/mol. The molecule has 0 aliphatic rings. The molecule has 0 fully saturated rings. The first-order chi connectivity index (χ1) is 8.86. The molecule has 1 heterocycles. The van der Waals surface area contributed by atoms with Crippen LogP contribution in [0.4, 0.5) is 0 Å². The minimum absolute atomic E-state index is 0.119. The number of sulfonamides is 1. The first kappa shape index (κ1) is 16.6. The molecule has 0 saturated heterocycles. The minimum Gasteiger partial charge on any atom is -0.313 e. The Balaban J connectivity index is 2.67. The highest BCUT2D eigenvalue weighted by Gasteiger charge is 2.24. The molecule has 0 saturated carbocycles. The van der Waals surface area contributed by atoms with Gasteiger partial charge < -0.3 is 5.32 Å². The molecule has 1 aromatic rings. The lowest BCUT2D eigenvalue weighted by Gasteiger charge is -2.20. The van der Waals surface area contributed by atoms with Crippen LogP contribution in [0.3, 0.4) is 0 Å². The molecule has 19 heavy (non-hydrogen) atoms. The fourth-order valence-electron chi connectivity index (χ4n) is 1.66. The maximum Gasteiger partial charge on any atom is 0.216 e. The molecule has 0 aromatic carbocycles. The fraction of sp³-hybridized carbons (Fsp3) is 0.692. The lowest BCUT2D eigenvalue weighted by atomic mass is 10.2. The first-order valence-electron chi connectivity index (χ1n) is 6.64. The quantitative estimate of drug-likeness (QED) is 0.776. The van der Waals surface area contributed by atoms with E-state index in [1.54, 1.807) is 18.3 Å². The first-order valence-corrected chi connectivity index (χ1v) is 9.07. The van der Waals surface area contributed by atoms with Gasteiger partial charge in [0, 0.05) is 17.5 Å². The second-order valence-electron chi connectivity index (χ2n) is 5.01. The highest BCUT2D eigenvalue weighted by Crippen LogP contribution is 2.23. The van der Waals surface area contributed by atoms with Crippen molar-refractivity contribution in [1.82, 2.24) is 10.0 Å². The van der Waals surface area contributed by atoms with E-state index in [-0.39, 0.29) is 12.1 Å². The zero-order valence-electron chi connectivity index (χ0n) is 12.0. The van der Waals surface area contributed by atoms with E-state index in [4.69, 9.17) is 0 Å². The van der Waals surface area contributed by atoms with Crippen molar-refractivity contribution in [3.8, 4) is 0 Å². The van der Waals surface area contributed by atoms with Crippen LogP contribution in [0.2, 0.25) is 0 Å². The van der Waals surface area contributed by atoms with Crippen LogP contribution in [0.5, 0.6) is 0 Å². The highest BCUT2D eigenvalue weighted by atomic mass is 32.2. The van der Waals surface area contributed by atoms with Crippen LogP contribution in [0.25, 0.3) is 0 Å². The van der Waals surface area contributed by atoms with Crippen molar-refractivity contribution >= 4 is 21.4 Å². The normalized spacial score (nSPS) is 15.6. The molecule has 0 spiro atoms. The summed E-state index contributed by atoms with van der Waals surface area (Å²) >= 11 is 1.58. The second kappa shape index (κ2) is 7.38. The molecule has 0 radical (unpaired) electrons. The van der Waals surface area contributed by atoms with Gasteiger partial charge in [-0.25, -0.2) is 13.1 Å². The molecule has 1 rings (SSSR count). The molecule has 110 valence electrons. The molecule has 0 amide bonds.